The minimum Gasteiger partial charge on any atom is -0.368 e. The van der Waals surface area contributed by atoms with Crippen LogP contribution in [-0.4, -0.2) is 31.7 Å². The van der Waals surface area contributed by atoms with Gasteiger partial charge in [0.15, 0.2) is 0 Å². The first-order valence-electron chi connectivity index (χ1n) is 6.97. The molecule has 2 aliphatic rings. The molecular weight excluding hydrogens is 222 g/mol. The van der Waals surface area contributed by atoms with Crippen LogP contribution in [0.4, 0.5) is 5.69 Å². The zero-order chi connectivity index (χ0) is 12.6. The van der Waals surface area contributed by atoms with Crippen LogP contribution < -0.4 is 15.5 Å². The predicted molar refractivity (Wildman–Crippen MR) is 76.1 cm³/mol. The van der Waals surface area contributed by atoms with Gasteiger partial charge in [0.2, 0.25) is 0 Å². The molecule has 0 aliphatic carbocycles. The van der Waals surface area contributed by atoms with Crippen LogP contribution in [-0.2, 0) is 13.0 Å². The number of benzene rings is 1. The average Bonchev–Trinajstić information content (AvgIpc) is 2.37. The standard InChI is InChI=1S/C15H23N3/c1-15(2)11-18(9-8-17-15)14-5-3-4-12-10-16-7-6-13(12)14/h3-5,16-17H,6-11H2,1-2H3. The molecule has 0 unspecified atom stereocenters. The highest BCUT2D eigenvalue weighted by Crippen LogP contribution is 2.28. The van der Waals surface area contributed by atoms with Crippen LogP contribution in [0.25, 0.3) is 0 Å². The first-order valence-corrected chi connectivity index (χ1v) is 6.97. The van der Waals surface area contributed by atoms with Crippen LogP contribution in [0.1, 0.15) is 25.0 Å². The van der Waals surface area contributed by atoms with E-state index in [-0.39, 0.29) is 5.54 Å². The van der Waals surface area contributed by atoms with Crippen LogP contribution in [0.3, 0.4) is 0 Å². The van der Waals surface area contributed by atoms with Crippen LogP contribution >= 0.6 is 0 Å². The van der Waals surface area contributed by atoms with Gasteiger partial charge in [-0.3, -0.25) is 0 Å². The van der Waals surface area contributed by atoms with Crippen LogP contribution in [0.15, 0.2) is 18.2 Å². The Morgan fingerprint density at radius 1 is 1.22 bits per heavy atom. The molecule has 3 rings (SSSR count). The Kier molecular flexibility index (Phi) is 3.04. The Morgan fingerprint density at radius 2 is 2.11 bits per heavy atom. The topological polar surface area (TPSA) is 27.3 Å². The minimum atomic E-state index is 0.216. The quantitative estimate of drug-likeness (QED) is 0.785. The maximum Gasteiger partial charge on any atom is 0.0403 e. The SMILES string of the molecule is CC1(C)CN(c2cccc3c2CCNC3)CCN1. The van der Waals surface area contributed by atoms with Crippen molar-refractivity contribution in [3.8, 4) is 0 Å². The van der Waals surface area contributed by atoms with Gasteiger partial charge in [-0.1, -0.05) is 12.1 Å². The van der Waals surface area contributed by atoms with Crippen molar-refractivity contribution in [2.75, 3.05) is 31.1 Å². The van der Waals surface area contributed by atoms with E-state index < -0.39 is 0 Å². The van der Waals surface area contributed by atoms with Gasteiger partial charge >= 0.3 is 0 Å². The van der Waals surface area contributed by atoms with E-state index in [0.29, 0.717) is 0 Å². The molecule has 0 aromatic heterocycles. The fourth-order valence-corrected chi connectivity index (χ4v) is 3.16. The summed E-state index contributed by atoms with van der Waals surface area (Å²) >= 11 is 0. The van der Waals surface area contributed by atoms with Crippen molar-refractivity contribution in [3.63, 3.8) is 0 Å². The lowest BCUT2D eigenvalue weighted by atomic mass is 9.96. The molecule has 0 saturated carbocycles. The van der Waals surface area contributed by atoms with Crippen molar-refractivity contribution < 1.29 is 0 Å². The fraction of sp³-hybridized carbons (Fsp3) is 0.600. The van der Waals surface area contributed by atoms with Gasteiger partial charge in [-0.25, -0.2) is 0 Å². The van der Waals surface area contributed by atoms with Crippen molar-refractivity contribution in [3.05, 3.63) is 29.3 Å². The van der Waals surface area contributed by atoms with Gasteiger partial charge in [0.05, 0.1) is 0 Å². The van der Waals surface area contributed by atoms with E-state index in [1.54, 1.807) is 5.56 Å². The maximum atomic E-state index is 3.58. The summed E-state index contributed by atoms with van der Waals surface area (Å²) in [6, 6.07) is 6.76. The van der Waals surface area contributed by atoms with Crippen molar-refractivity contribution in [1.82, 2.24) is 10.6 Å². The van der Waals surface area contributed by atoms with Crippen LogP contribution in [0, 0.1) is 0 Å². The summed E-state index contributed by atoms with van der Waals surface area (Å²) in [4.78, 5) is 2.56. The Hall–Kier alpha value is -1.06. The Balaban J connectivity index is 1.92. The molecule has 2 N–H and O–H groups in total. The minimum absolute atomic E-state index is 0.216. The summed E-state index contributed by atoms with van der Waals surface area (Å²) in [7, 11) is 0. The predicted octanol–water partition coefficient (Wildman–Crippen LogP) is 1.52. The van der Waals surface area contributed by atoms with E-state index in [1.807, 2.05) is 0 Å². The Morgan fingerprint density at radius 3 is 2.94 bits per heavy atom. The summed E-state index contributed by atoms with van der Waals surface area (Å²) in [5.74, 6) is 0. The normalized spacial score (nSPS) is 22.7. The maximum absolute atomic E-state index is 3.58. The third-order valence-electron chi connectivity index (χ3n) is 4.03. The van der Waals surface area contributed by atoms with Crippen molar-refractivity contribution >= 4 is 5.69 Å². The zero-order valence-corrected chi connectivity index (χ0v) is 11.4. The highest BCUT2D eigenvalue weighted by atomic mass is 15.2. The largest absolute Gasteiger partial charge is 0.368 e. The molecule has 3 nitrogen and oxygen atoms in total. The molecular formula is C15H23N3. The van der Waals surface area contributed by atoms with Gasteiger partial charge in [0.25, 0.3) is 0 Å². The number of anilines is 1. The van der Waals surface area contributed by atoms with Crippen molar-refractivity contribution in [2.45, 2.75) is 32.4 Å². The molecule has 0 bridgehead atoms. The number of piperazine rings is 1. The molecule has 0 amide bonds. The molecule has 1 aromatic carbocycles. The number of rotatable bonds is 1. The number of hydrogen-bond acceptors (Lipinski definition) is 3. The van der Waals surface area contributed by atoms with E-state index in [9.17, 15) is 0 Å². The van der Waals surface area contributed by atoms with Gasteiger partial charge in [-0.2, -0.15) is 0 Å². The van der Waals surface area contributed by atoms with E-state index >= 15 is 0 Å². The summed E-state index contributed by atoms with van der Waals surface area (Å²) in [5, 5.41) is 7.04. The van der Waals surface area contributed by atoms with Crippen molar-refractivity contribution in [1.29, 1.82) is 0 Å². The summed E-state index contributed by atoms with van der Waals surface area (Å²) in [5.41, 5.74) is 4.72. The van der Waals surface area contributed by atoms with Gasteiger partial charge in [0.1, 0.15) is 0 Å². The fourth-order valence-electron chi connectivity index (χ4n) is 3.16. The van der Waals surface area contributed by atoms with E-state index in [1.165, 1.54) is 11.3 Å². The lowest BCUT2D eigenvalue weighted by Crippen LogP contribution is -2.57. The van der Waals surface area contributed by atoms with Crippen LogP contribution in [0.5, 0.6) is 0 Å². The summed E-state index contributed by atoms with van der Waals surface area (Å²) in [6.07, 6.45) is 1.16. The third-order valence-corrected chi connectivity index (χ3v) is 4.03. The second kappa shape index (κ2) is 4.56. The monoisotopic (exact) mass is 245 g/mol. The molecule has 1 aromatic rings. The van der Waals surface area contributed by atoms with E-state index in [4.69, 9.17) is 0 Å². The highest BCUT2D eigenvalue weighted by Gasteiger charge is 2.27. The number of fused-ring (bicyclic) bond motifs is 1. The van der Waals surface area contributed by atoms with Gasteiger partial charge in [-0.05, 0) is 44.0 Å². The first kappa shape index (κ1) is 12.0. The zero-order valence-electron chi connectivity index (χ0n) is 11.4. The van der Waals surface area contributed by atoms with Gasteiger partial charge in [0, 0.05) is 37.4 Å². The molecule has 0 radical (unpaired) electrons. The molecule has 0 spiro atoms. The molecule has 1 fully saturated rings. The molecule has 18 heavy (non-hydrogen) atoms. The highest BCUT2D eigenvalue weighted by molar-refractivity contribution is 5.58. The van der Waals surface area contributed by atoms with E-state index in [0.717, 1.165) is 39.1 Å². The Bertz CT molecular complexity index is 439. The van der Waals surface area contributed by atoms with Gasteiger partial charge in [-0.15, -0.1) is 0 Å². The number of nitrogens with zero attached hydrogens (tertiary/aromatic N) is 1. The second-order valence-electron chi connectivity index (χ2n) is 6.07. The lowest BCUT2D eigenvalue weighted by molar-refractivity contribution is 0.352. The molecule has 2 aliphatic heterocycles. The number of hydrogen-bond donors (Lipinski definition) is 2. The average molecular weight is 245 g/mol. The molecule has 98 valence electrons. The summed E-state index contributed by atoms with van der Waals surface area (Å²) < 4.78 is 0. The van der Waals surface area contributed by atoms with Crippen molar-refractivity contribution in [2.24, 2.45) is 0 Å². The third kappa shape index (κ3) is 2.25. The molecule has 2 heterocycles. The summed E-state index contributed by atoms with van der Waals surface area (Å²) in [6.45, 7) is 10.0. The lowest BCUT2D eigenvalue weighted by Gasteiger charge is -2.41. The van der Waals surface area contributed by atoms with Crippen LogP contribution in [0.2, 0.25) is 0 Å². The number of nitrogens with one attached hydrogen (secondary N) is 2. The van der Waals surface area contributed by atoms with E-state index in [2.05, 4.69) is 47.6 Å². The first-order chi connectivity index (χ1) is 8.66. The van der Waals surface area contributed by atoms with Gasteiger partial charge < -0.3 is 15.5 Å². The molecule has 3 heteroatoms. The molecule has 1 saturated heterocycles. The Labute approximate surface area is 110 Å². The molecule has 0 atom stereocenters. The second-order valence-corrected chi connectivity index (χ2v) is 6.07. The smallest absolute Gasteiger partial charge is 0.0403 e.